The number of hydrogen-bond acceptors (Lipinski definition) is 7. The number of aryl methyl sites for hydroxylation is 1. The van der Waals surface area contributed by atoms with Crippen LogP contribution < -0.4 is 5.32 Å². The van der Waals surface area contributed by atoms with Crippen LogP contribution in [-0.4, -0.2) is 39.0 Å². The summed E-state index contributed by atoms with van der Waals surface area (Å²) < 4.78 is 7.34. The van der Waals surface area contributed by atoms with Crippen molar-refractivity contribution in [2.75, 3.05) is 17.7 Å². The molecule has 9 heteroatoms. The molecule has 0 saturated carbocycles. The second-order valence-electron chi connectivity index (χ2n) is 7.93. The van der Waals surface area contributed by atoms with Crippen LogP contribution >= 0.6 is 23.1 Å². The molecule has 0 aromatic carbocycles. The van der Waals surface area contributed by atoms with Crippen molar-refractivity contribution in [3.05, 3.63) is 21.8 Å². The predicted octanol–water partition coefficient (Wildman–Crippen LogP) is 4.83. The Morgan fingerprint density at radius 2 is 1.93 bits per heavy atom. The zero-order valence-corrected chi connectivity index (χ0v) is 19.9. The third-order valence-electron chi connectivity index (χ3n) is 4.96. The Balaban J connectivity index is 1.74. The van der Waals surface area contributed by atoms with Gasteiger partial charge in [-0.3, -0.25) is 4.79 Å². The Bertz CT molecular complexity index is 918. The highest BCUT2D eigenvalue weighted by Crippen LogP contribution is 2.38. The number of hydrogen-bond donors (Lipinski definition) is 1. The molecule has 30 heavy (non-hydrogen) atoms. The van der Waals surface area contributed by atoms with Gasteiger partial charge >= 0.3 is 5.97 Å². The molecule has 1 aliphatic rings. The highest BCUT2D eigenvalue weighted by Gasteiger charge is 2.27. The van der Waals surface area contributed by atoms with Crippen LogP contribution in [0.15, 0.2) is 5.16 Å². The van der Waals surface area contributed by atoms with Gasteiger partial charge in [0.25, 0.3) is 0 Å². The van der Waals surface area contributed by atoms with Crippen molar-refractivity contribution >= 4 is 40.0 Å². The van der Waals surface area contributed by atoms with Gasteiger partial charge in [-0.25, -0.2) is 4.79 Å². The summed E-state index contributed by atoms with van der Waals surface area (Å²) in [6.45, 7) is 10.4. The summed E-state index contributed by atoms with van der Waals surface area (Å²) in [6, 6.07) is 0.211. The van der Waals surface area contributed by atoms with Crippen LogP contribution in [0.5, 0.6) is 0 Å². The van der Waals surface area contributed by atoms with Crippen molar-refractivity contribution in [1.82, 2.24) is 14.8 Å². The normalized spacial score (nSPS) is 13.6. The number of amides is 1. The summed E-state index contributed by atoms with van der Waals surface area (Å²) in [5.74, 6) is 0.874. The molecule has 0 aliphatic heterocycles. The first-order valence-electron chi connectivity index (χ1n) is 10.5. The summed E-state index contributed by atoms with van der Waals surface area (Å²) in [7, 11) is 0. The van der Waals surface area contributed by atoms with E-state index < -0.39 is 0 Å². The summed E-state index contributed by atoms with van der Waals surface area (Å²) in [5.41, 5.74) is 1.59. The Morgan fingerprint density at radius 3 is 2.60 bits per heavy atom. The maximum Gasteiger partial charge on any atom is 0.341 e. The fourth-order valence-electron chi connectivity index (χ4n) is 3.63. The molecule has 2 aromatic rings. The third-order valence-corrected chi connectivity index (χ3v) is 7.11. The predicted molar refractivity (Wildman–Crippen MR) is 121 cm³/mol. The van der Waals surface area contributed by atoms with E-state index in [-0.39, 0.29) is 29.6 Å². The fraction of sp³-hybridized carbons (Fsp3) is 0.619. The molecule has 164 valence electrons. The lowest BCUT2D eigenvalue weighted by Crippen LogP contribution is -2.17. The second-order valence-corrected chi connectivity index (χ2v) is 9.98. The molecule has 0 saturated heterocycles. The van der Waals surface area contributed by atoms with Crippen LogP contribution in [-0.2, 0) is 22.4 Å². The zero-order valence-electron chi connectivity index (χ0n) is 18.3. The molecule has 2 aromatic heterocycles. The highest BCUT2D eigenvalue weighted by molar-refractivity contribution is 7.99. The van der Waals surface area contributed by atoms with E-state index in [4.69, 9.17) is 4.74 Å². The van der Waals surface area contributed by atoms with Crippen molar-refractivity contribution in [2.24, 2.45) is 0 Å². The number of nitrogens with zero attached hydrogens (tertiary/aromatic N) is 3. The van der Waals surface area contributed by atoms with Crippen LogP contribution in [0, 0.1) is 0 Å². The molecule has 7 nitrogen and oxygen atoms in total. The Kier molecular flexibility index (Phi) is 7.57. The van der Waals surface area contributed by atoms with Gasteiger partial charge in [0.15, 0.2) is 5.16 Å². The van der Waals surface area contributed by atoms with Crippen molar-refractivity contribution in [1.29, 1.82) is 0 Å². The standard InChI is InChI=1S/C21H30N4O3S2/c1-6-28-20(27)17-14-9-7-8-10-15(14)30-19(17)22-16(26)11-29-21-24-23-18(12(2)3)25(21)13(4)5/h12-13H,6-11H2,1-5H3,(H,22,26). The lowest BCUT2D eigenvalue weighted by Gasteiger charge is -2.15. The first-order chi connectivity index (χ1) is 14.3. The van der Waals surface area contributed by atoms with Gasteiger partial charge < -0.3 is 14.6 Å². The SMILES string of the molecule is CCOC(=O)c1c(NC(=O)CSc2nnc(C(C)C)n2C(C)C)sc2c1CCCC2. The maximum absolute atomic E-state index is 12.7. The summed E-state index contributed by atoms with van der Waals surface area (Å²) in [5, 5.41) is 12.9. The van der Waals surface area contributed by atoms with E-state index in [0.717, 1.165) is 42.2 Å². The van der Waals surface area contributed by atoms with Gasteiger partial charge in [-0.15, -0.1) is 21.5 Å². The van der Waals surface area contributed by atoms with Gasteiger partial charge in [-0.1, -0.05) is 25.6 Å². The number of nitrogens with one attached hydrogen (secondary N) is 1. The largest absolute Gasteiger partial charge is 0.462 e. The number of thiophene rings is 1. The number of esters is 1. The molecule has 2 heterocycles. The van der Waals surface area contributed by atoms with Crippen molar-refractivity contribution in [2.45, 2.75) is 77.4 Å². The smallest absolute Gasteiger partial charge is 0.341 e. The van der Waals surface area contributed by atoms with Gasteiger partial charge in [0, 0.05) is 16.8 Å². The first-order valence-corrected chi connectivity index (χ1v) is 12.3. The fourth-order valence-corrected chi connectivity index (χ4v) is 5.80. The second kappa shape index (κ2) is 9.96. The molecule has 0 atom stereocenters. The number of fused-ring (bicyclic) bond motifs is 1. The molecule has 0 radical (unpaired) electrons. The highest BCUT2D eigenvalue weighted by atomic mass is 32.2. The van der Waals surface area contributed by atoms with Crippen molar-refractivity contribution in [3.63, 3.8) is 0 Å². The van der Waals surface area contributed by atoms with E-state index in [1.54, 1.807) is 6.92 Å². The summed E-state index contributed by atoms with van der Waals surface area (Å²) in [4.78, 5) is 26.5. The molecule has 0 unspecified atom stereocenters. The number of carbonyl (C=O) groups is 2. The Hall–Kier alpha value is -1.87. The van der Waals surface area contributed by atoms with Gasteiger partial charge in [-0.2, -0.15) is 0 Å². The van der Waals surface area contributed by atoms with E-state index in [0.29, 0.717) is 17.2 Å². The van der Waals surface area contributed by atoms with E-state index in [1.807, 2.05) is 0 Å². The summed E-state index contributed by atoms with van der Waals surface area (Å²) in [6.07, 6.45) is 3.98. The first kappa shape index (κ1) is 22.8. The molecular weight excluding hydrogens is 420 g/mol. The maximum atomic E-state index is 12.7. The molecule has 0 bridgehead atoms. The molecule has 1 aliphatic carbocycles. The topological polar surface area (TPSA) is 86.1 Å². The quantitative estimate of drug-likeness (QED) is 0.458. The van der Waals surface area contributed by atoms with Gasteiger partial charge in [0.1, 0.15) is 10.8 Å². The van der Waals surface area contributed by atoms with E-state index in [2.05, 4.69) is 47.8 Å². The van der Waals surface area contributed by atoms with Crippen LogP contribution in [0.2, 0.25) is 0 Å². The molecule has 1 amide bonds. The van der Waals surface area contributed by atoms with Crippen LogP contribution in [0.25, 0.3) is 0 Å². The molecule has 0 fully saturated rings. The van der Waals surface area contributed by atoms with Crippen LogP contribution in [0.3, 0.4) is 0 Å². The number of rotatable bonds is 8. The molecule has 0 spiro atoms. The molecule has 3 rings (SSSR count). The average Bonchev–Trinajstić information content (AvgIpc) is 3.27. The minimum absolute atomic E-state index is 0.159. The minimum Gasteiger partial charge on any atom is -0.462 e. The Labute approximate surface area is 186 Å². The monoisotopic (exact) mass is 450 g/mol. The van der Waals surface area contributed by atoms with Crippen LogP contribution in [0.1, 0.15) is 86.0 Å². The average molecular weight is 451 g/mol. The number of carbonyl (C=O) groups excluding carboxylic acids is 2. The molecule has 1 N–H and O–H groups in total. The number of anilines is 1. The lowest BCUT2D eigenvalue weighted by molar-refractivity contribution is -0.113. The number of ether oxygens (including phenoxy) is 1. The number of thioether (sulfide) groups is 1. The van der Waals surface area contributed by atoms with Crippen molar-refractivity contribution in [3.8, 4) is 0 Å². The Morgan fingerprint density at radius 1 is 1.20 bits per heavy atom. The molecular formula is C21H30N4O3S2. The zero-order chi connectivity index (χ0) is 21.8. The van der Waals surface area contributed by atoms with E-state index in [1.165, 1.54) is 28.0 Å². The summed E-state index contributed by atoms with van der Waals surface area (Å²) >= 11 is 2.87. The lowest BCUT2D eigenvalue weighted by atomic mass is 9.95. The number of aromatic nitrogens is 3. The van der Waals surface area contributed by atoms with Gasteiger partial charge in [-0.05, 0) is 52.0 Å². The van der Waals surface area contributed by atoms with Crippen molar-refractivity contribution < 1.29 is 14.3 Å². The third kappa shape index (κ3) is 4.88. The van der Waals surface area contributed by atoms with Gasteiger partial charge in [0.05, 0.1) is 17.9 Å². The minimum atomic E-state index is -0.346. The van der Waals surface area contributed by atoms with E-state index in [9.17, 15) is 9.59 Å². The van der Waals surface area contributed by atoms with Crippen LogP contribution in [0.4, 0.5) is 5.00 Å². The van der Waals surface area contributed by atoms with Gasteiger partial charge in [0.2, 0.25) is 5.91 Å². The van der Waals surface area contributed by atoms with E-state index >= 15 is 0 Å².